The third kappa shape index (κ3) is 42.4. The lowest BCUT2D eigenvalue weighted by Crippen LogP contribution is -2.37. The van der Waals surface area contributed by atoms with Gasteiger partial charge in [-0.25, -0.2) is 0 Å². The van der Waals surface area contributed by atoms with Gasteiger partial charge in [0.05, 0.1) is 34.4 Å². The van der Waals surface area contributed by atoms with Crippen molar-refractivity contribution in [2.45, 2.75) is 219 Å². The normalized spacial score (nSPS) is 13.8. The number of hydrogen-bond acceptors (Lipinski definition) is 7. The van der Waals surface area contributed by atoms with Crippen molar-refractivity contribution in [1.29, 1.82) is 0 Å². The fourth-order valence-electron chi connectivity index (χ4n) is 6.48. The number of quaternary nitrogens is 1. The molecule has 0 saturated carbocycles. The topological polar surface area (TPSA) is 94.1 Å². The molecular weight excluding hydrogens is 697 g/mol. The van der Waals surface area contributed by atoms with Crippen molar-refractivity contribution in [3.8, 4) is 0 Å². The van der Waals surface area contributed by atoms with E-state index in [1.165, 1.54) is 161 Å². The Bertz CT molecular complexity index is 879. The van der Waals surface area contributed by atoms with E-state index in [4.69, 9.17) is 18.5 Å². The van der Waals surface area contributed by atoms with E-state index in [0.29, 0.717) is 24.1 Å². The molecule has 0 aromatic carbocycles. The molecule has 0 rings (SSSR count). The standard InChI is InChI=1S/C45H90NO7P/c1-6-8-10-12-14-16-18-19-20-21-22-23-24-25-26-27-28-29-31-33-35-37-40-50-42-44(43-52-54(48,49)51-41-39-46(3,4)5)53-45(47)38-36-34-32-30-17-15-13-11-9-7-2/h21-22,44H,6-20,23-43H2,1-5H3/b22-21-. The zero-order valence-electron chi connectivity index (χ0n) is 36.4. The second-order valence-corrected chi connectivity index (χ2v) is 18.2. The first-order valence-corrected chi connectivity index (χ1v) is 24.4. The highest BCUT2D eigenvalue weighted by Gasteiger charge is 2.20. The van der Waals surface area contributed by atoms with E-state index in [2.05, 4.69) is 26.0 Å². The van der Waals surface area contributed by atoms with Crippen molar-refractivity contribution in [3.63, 3.8) is 0 Å². The molecule has 0 aliphatic heterocycles. The second kappa shape index (κ2) is 39.1. The van der Waals surface area contributed by atoms with E-state index in [-0.39, 0.29) is 25.8 Å². The largest absolute Gasteiger partial charge is 0.756 e. The van der Waals surface area contributed by atoms with Gasteiger partial charge in [-0.1, -0.05) is 180 Å². The summed E-state index contributed by atoms with van der Waals surface area (Å²) >= 11 is 0. The van der Waals surface area contributed by atoms with E-state index in [0.717, 1.165) is 32.1 Å². The number of phosphoric acid groups is 1. The first kappa shape index (κ1) is 53.2. The van der Waals surface area contributed by atoms with Crippen molar-refractivity contribution >= 4 is 13.8 Å². The maximum Gasteiger partial charge on any atom is 0.306 e. The number of ether oxygens (including phenoxy) is 2. The van der Waals surface area contributed by atoms with Gasteiger partial charge in [0.1, 0.15) is 19.3 Å². The van der Waals surface area contributed by atoms with Crippen LogP contribution in [0.3, 0.4) is 0 Å². The van der Waals surface area contributed by atoms with Crippen LogP contribution in [-0.2, 0) is 27.9 Å². The molecule has 8 nitrogen and oxygen atoms in total. The summed E-state index contributed by atoms with van der Waals surface area (Å²) in [5.74, 6) is -0.334. The number of nitrogens with zero attached hydrogens (tertiary/aromatic N) is 1. The third-order valence-electron chi connectivity index (χ3n) is 10.1. The molecule has 9 heteroatoms. The number of carbonyl (C=O) groups is 1. The van der Waals surface area contributed by atoms with Crippen LogP contribution in [0.5, 0.6) is 0 Å². The van der Waals surface area contributed by atoms with Crippen molar-refractivity contribution < 1.29 is 37.3 Å². The summed E-state index contributed by atoms with van der Waals surface area (Å²) in [5, 5.41) is 0. The number of carbonyl (C=O) groups excluding carboxylic acids is 1. The van der Waals surface area contributed by atoms with Crippen LogP contribution in [0.25, 0.3) is 0 Å². The zero-order valence-corrected chi connectivity index (χ0v) is 37.3. The monoisotopic (exact) mass is 788 g/mol. The average Bonchev–Trinajstić information content (AvgIpc) is 3.12. The quantitative estimate of drug-likeness (QED) is 0.0200. The van der Waals surface area contributed by atoms with Crippen LogP contribution in [0.4, 0.5) is 0 Å². The number of rotatable bonds is 43. The molecule has 2 atom stereocenters. The van der Waals surface area contributed by atoms with Crippen molar-refractivity contribution in [2.75, 3.05) is 54.1 Å². The highest BCUT2D eigenvalue weighted by molar-refractivity contribution is 7.45. The molecule has 54 heavy (non-hydrogen) atoms. The van der Waals surface area contributed by atoms with Gasteiger partial charge in [-0.05, 0) is 38.5 Å². The van der Waals surface area contributed by atoms with Gasteiger partial charge >= 0.3 is 5.97 Å². The Morgan fingerprint density at radius 1 is 0.556 bits per heavy atom. The Balaban J connectivity index is 4.07. The second-order valence-electron chi connectivity index (χ2n) is 16.8. The Morgan fingerprint density at radius 2 is 0.963 bits per heavy atom. The van der Waals surface area contributed by atoms with Crippen LogP contribution in [0, 0.1) is 0 Å². The van der Waals surface area contributed by atoms with E-state index < -0.39 is 13.9 Å². The molecule has 0 amide bonds. The predicted molar refractivity (Wildman–Crippen MR) is 227 cm³/mol. The van der Waals surface area contributed by atoms with Crippen molar-refractivity contribution in [3.05, 3.63) is 12.2 Å². The Morgan fingerprint density at radius 3 is 1.41 bits per heavy atom. The Kier molecular flexibility index (Phi) is 38.5. The maximum atomic E-state index is 12.6. The summed E-state index contributed by atoms with van der Waals surface area (Å²) in [6, 6.07) is 0. The molecule has 0 heterocycles. The smallest absolute Gasteiger partial charge is 0.306 e. The molecule has 0 aliphatic rings. The molecule has 0 spiro atoms. The summed E-state index contributed by atoms with van der Waals surface area (Å²) in [4.78, 5) is 25.0. The van der Waals surface area contributed by atoms with Gasteiger partial charge in [0.2, 0.25) is 0 Å². The number of unbranched alkanes of at least 4 members (excludes halogenated alkanes) is 27. The molecule has 0 fully saturated rings. The molecule has 2 unspecified atom stereocenters. The zero-order chi connectivity index (χ0) is 39.9. The summed E-state index contributed by atoms with van der Waals surface area (Å²) in [6.45, 7) is 5.43. The van der Waals surface area contributed by atoms with E-state index in [1.807, 2.05) is 21.1 Å². The van der Waals surface area contributed by atoms with E-state index in [9.17, 15) is 14.3 Å². The summed E-state index contributed by atoms with van der Waals surface area (Å²) in [6.07, 6.45) is 42.3. The number of likely N-dealkylation sites (N-methyl/N-ethyl adjacent to an activating group) is 1. The summed E-state index contributed by atoms with van der Waals surface area (Å²) in [7, 11) is 1.37. The molecule has 0 N–H and O–H groups in total. The number of esters is 1. The minimum atomic E-state index is -4.52. The molecule has 322 valence electrons. The first-order valence-electron chi connectivity index (χ1n) is 22.9. The third-order valence-corrected chi connectivity index (χ3v) is 11.0. The van der Waals surface area contributed by atoms with Crippen LogP contribution >= 0.6 is 7.82 Å². The van der Waals surface area contributed by atoms with Crippen LogP contribution in [0.1, 0.15) is 213 Å². The van der Waals surface area contributed by atoms with Crippen LogP contribution < -0.4 is 4.89 Å². The molecule has 0 aromatic heterocycles. The van der Waals surface area contributed by atoms with Crippen LogP contribution in [0.2, 0.25) is 0 Å². The van der Waals surface area contributed by atoms with Crippen LogP contribution in [0.15, 0.2) is 12.2 Å². The predicted octanol–water partition coefficient (Wildman–Crippen LogP) is 12.8. The van der Waals surface area contributed by atoms with Crippen molar-refractivity contribution in [1.82, 2.24) is 0 Å². The maximum absolute atomic E-state index is 12.6. The highest BCUT2D eigenvalue weighted by atomic mass is 31.2. The summed E-state index contributed by atoms with van der Waals surface area (Å²) < 4.78 is 34.6. The molecule has 0 saturated heterocycles. The molecular formula is C45H90NO7P. The first-order chi connectivity index (χ1) is 26.1. The van der Waals surface area contributed by atoms with Gasteiger partial charge in [-0.15, -0.1) is 0 Å². The average molecular weight is 788 g/mol. The van der Waals surface area contributed by atoms with Gasteiger partial charge in [-0.2, -0.15) is 0 Å². The lowest BCUT2D eigenvalue weighted by molar-refractivity contribution is -0.870. The van der Waals surface area contributed by atoms with Crippen LogP contribution in [-0.4, -0.2) is 70.7 Å². The highest BCUT2D eigenvalue weighted by Crippen LogP contribution is 2.38. The van der Waals surface area contributed by atoms with E-state index >= 15 is 0 Å². The van der Waals surface area contributed by atoms with Gasteiger partial charge in [0.25, 0.3) is 7.82 Å². The lowest BCUT2D eigenvalue weighted by Gasteiger charge is -2.28. The van der Waals surface area contributed by atoms with Gasteiger partial charge < -0.3 is 27.9 Å². The van der Waals surface area contributed by atoms with Gasteiger partial charge in [0, 0.05) is 13.0 Å². The fourth-order valence-corrected chi connectivity index (χ4v) is 7.21. The van der Waals surface area contributed by atoms with Crippen molar-refractivity contribution in [2.24, 2.45) is 0 Å². The lowest BCUT2D eigenvalue weighted by atomic mass is 10.1. The van der Waals surface area contributed by atoms with Gasteiger partial charge in [0.15, 0.2) is 0 Å². The van der Waals surface area contributed by atoms with Gasteiger partial charge in [-0.3, -0.25) is 9.36 Å². The molecule has 0 radical (unpaired) electrons. The summed E-state index contributed by atoms with van der Waals surface area (Å²) in [5.41, 5.74) is 0. The molecule has 0 aliphatic carbocycles. The Labute approximate surface area is 335 Å². The molecule has 0 bridgehead atoms. The minimum absolute atomic E-state index is 0.0291. The fraction of sp³-hybridized carbons (Fsp3) is 0.933. The minimum Gasteiger partial charge on any atom is -0.756 e. The number of allylic oxidation sites excluding steroid dienone is 2. The SMILES string of the molecule is CCCCCCCCCC/C=C\CCCCCCCCCCCCOCC(COP(=O)([O-])OCC[N+](C)(C)C)OC(=O)CCCCCCCCCCCC. The number of phosphoric ester groups is 1. The molecule has 0 aromatic rings. The number of hydrogen-bond donors (Lipinski definition) is 0. The van der Waals surface area contributed by atoms with E-state index in [1.54, 1.807) is 0 Å². The Hall–Kier alpha value is -0.760.